The van der Waals surface area contributed by atoms with Crippen molar-refractivity contribution >= 4 is 0 Å². The molecule has 1 N–H and O–H groups in total. The first-order valence-electron chi connectivity index (χ1n) is 7.56. The second kappa shape index (κ2) is 8.13. The highest BCUT2D eigenvalue weighted by molar-refractivity contribution is 4.85. The summed E-state index contributed by atoms with van der Waals surface area (Å²) in [4.78, 5) is 2.61. The fourth-order valence-corrected chi connectivity index (χ4v) is 2.40. The lowest BCUT2D eigenvalue weighted by molar-refractivity contribution is 0.0794. The highest BCUT2D eigenvalue weighted by Crippen LogP contribution is 2.12. The minimum Gasteiger partial charge on any atom is -0.381 e. The average Bonchev–Trinajstić information content (AvgIpc) is 2.30. The summed E-state index contributed by atoms with van der Waals surface area (Å²) in [6.07, 6.45) is 1.15. The molecule has 0 bridgehead atoms. The molecule has 0 aliphatic carbocycles. The van der Waals surface area contributed by atoms with Gasteiger partial charge >= 0.3 is 0 Å². The molecule has 0 aromatic rings. The van der Waals surface area contributed by atoms with Crippen LogP contribution in [0.15, 0.2) is 0 Å². The largest absolute Gasteiger partial charge is 0.381 e. The summed E-state index contributed by atoms with van der Waals surface area (Å²) in [5.74, 6) is 1.37. The van der Waals surface area contributed by atoms with Gasteiger partial charge in [0.15, 0.2) is 0 Å². The van der Waals surface area contributed by atoms with E-state index in [-0.39, 0.29) is 0 Å². The molecule has 1 rings (SSSR count). The third kappa shape index (κ3) is 5.68. The zero-order valence-corrected chi connectivity index (χ0v) is 12.9. The van der Waals surface area contributed by atoms with Crippen LogP contribution < -0.4 is 5.32 Å². The van der Waals surface area contributed by atoms with Crippen molar-refractivity contribution in [3.63, 3.8) is 0 Å². The van der Waals surface area contributed by atoms with Crippen LogP contribution in [0.25, 0.3) is 0 Å². The Kier molecular flexibility index (Phi) is 7.20. The van der Waals surface area contributed by atoms with Crippen LogP contribution in [0.2, 0.25) is 0 Å². The normalized spacial score (nSPS) is 26.2. The van der Waals surface area contributed by atoms with Gasteiger partial charge in [0.05, 0.1) is 0 Å². The van der Waals surface area contributed by atoms with Gasteiger partial charge in [-0.1, -0.05) is 27.7 Å². The number of hydrogen-bond acceptors (Lipinski definition) is 3. The monoisotopic (exact) mass is 256 g/mol. The maximum absolute atomic E-state index is 5.65. The standard InChI is InChI=1S/C15H32N2O/c1-12(2)11-18-8-6-7-17-10-15(13(3)4)16-9-14(17)5/h12-16H,6-11H2,1-5H3. The first-order valence-corrected chi connectivity index (χ1v) is 7.56. The molecule has 0 radical (unpaired) electrons. The summed E-state index contributed by atoms with van der Waals surface area (Å²) in [6.45, 7) is 16.6. The average molecular weight is 256 g/mol. The van der Waals surface area contributed by atoms with Crippen LogP contribution in [0, 0.1) is 11.8 Å². The van der Waals surface area contributed by atoms with Gasteiger partial charge in [-0.25, -0.2) is 0 Å². The molecule has 1 saturated heterocycles. The predicted molar refractivity (Wildman–Crippen MR) is 77.9 cm³/mol. The van der Waals surface area contributed by atoms with Crippen molar-refractivity contribution < 1.29 is 4.74 Å². The van der Waals surface area contributed by atoms with Gasteiger partial charge < -0.3 is 10.1 Å². The molecule has 2 atom stereocenters. The van der Waals surface area contributed by atoms with Crippen LogP contribution in [-0.4, -0.2) is 49.8 Å². The Labute approximate surface area is 113 Å². The van der Waals surface area contributed by atoms with Gasteiger partial charge in [-0.05, 0) is 25.2 Å². The van der Waals surface area contributed by atoms with Crippen LogP contribution in [0.5, 0.6) is 0 Å². The SMILES string of the molecule is CC(C)COCCCN1CC(C(C)C)NCC1C. The van der Waals surface area contributed by atoms with E-state index in [2.05, 4.69) is 44.8 Å². The molecular formula is C15H32N2O. The quantitative estimate of drug-likeness (QED) is 0.708. The van der Waals surface area contributed by atoms with Gasteiger partial charge in [-0.3, -0.25) is 4.90 Å². The lowest BCUT2D eigenvalue weighted by Crippen LogP contribution is -2.57. The van der Waals surface area contributed by atoms with Crippen LogP contribution in [-0.2, 0) is 4.74 Å². The summed E-state index contributed by atoms with van der Waals surface area (Å²) in [5.41, 5.74) is 0. The number of nitrogens with zero attached hydrogens (tertiary/aromatic N) is 1. The van der Waals surface area contributed by atoms with E-state index >= 15 is 0 Å². The lowest BCUT2D eigenvalue weighted by atomic mass is 10.00. The fraction of sp³-hybridized carbons (Fsp3) is 1.00. The molecule has 0 aromatic carbocycles. The first kappa shape index (κ1) is 15.9. The van der Waals surface area contributed by atoms with E-state index in [0.717, 1.165) is 32.1 Å². The summed E-state index contributed by atoms with van der Waals surface area (Å²) in [6, 6.07) is 1.31. The third-order valence-electron chi connectivity index (χ3n) is 3.72. The number of piperazine rings is 1. The van der Waals surface area contributed by atoms with Crippen molar-refractivity contribution in [3.05, 3.63) is 0 Å². The molecule has 1 aliphatic heterocycles. The third-order valence-corrected chi connectivity index (χ3v) is 3.72. The Bertz CT molecular complexity index is 219. The van der Waals surface area contributed by atoms with Crippen molar-refractivity contribution in [3.8, 4) is 0 Å². The van der Waals surface area contributed by atoms with E-state index in [1.54, 1.807) is 0 Å². The van der Waals surface area contributed by atoms with Crippen molar-refractivity contribution in [1.82, 2.24) is 10.2 Å². The van der Waals surface area contributed by atoms with Crippen molar-refractivity contribution in [2.45, 2.75) is 53.1 Å². The highest BCUT2D eigenvalue weighted by Gasteiger charge is 2.25. The molecular weight excluding hydrogens is 224 g/mol. The van der Waals surface area contributed by atoms with Crippen LogP contribution in [0.4, 0.5) is 0 Å². The van der Waals surface area contributed by atoms with Crippen LogP contribution >= 0.6 is 0 Å². The molecule has 18 heavy (non-hydrogen) atoms. The second-order valence-corrected chi connectivity index (χ2v) is 6.43. The predicted octanol–water partition coefficient (Wildman–Crippen LogP) is 2.37. The number of hydrogen-bond donors (Lipinski definition) is 1. The maximum atomic E-state index is 5.65. The molecule has 2 unspecified atom stereocenters. The molecule has 3 heteroatoms. The maximum Gasteiger partial charge on any atom is 0.0489 e. The molecule has 0 amide bonds. The summed E-state index contributed by atoms with van der Waals surface area (Å²) >= 11 is 0. The Hall–Kier alpha value is -0.120. The summed E-state index contributed by atoms with van der Waals surface area (Å²) in [7, 11) is 0. The van der Waals surface area contributed by atoms with Gasteiger partial charge in [0.25, 0.3) is 0 Å². The minimum atomic E-state index is 0.647. The van der Waals surface area contributed by atoms with Gasteiger partial charge in [-0.15, -0.1) is 0 Å². The number of rotatable bonds is 7. The Morgan fingerprint density at radius 1 is 1.28 bits per heavy atom. The van der Waals surface area contributed by atoms with Crippen molar-refractivity contribution in [2.75, 3.05) is 32.8 Å². The zero-order chi connectivity index (χ0) is 13.5. The molecule has 0 spiro atoms. The Morgan fingerprint density at radius 3 is 2.61 bits per heavy atom. The van der Waals surface area contributed by atoms with Crippen molar-refractivity contribution in [2.24, 2.45) is 11.8 Å². The molecule has 1 aliphatic rings. The van der Waals surface area contributed by atoms with E-state index in [9.17, 15) is 0 Å². The van der Waals surface area contributed by atoms with Gasteiger partial charge in [0.1, 0.15) is 0 Å². The first-order chi connectivity index (χ1) is 8.50. The number of nitrogens with one attached hydrogen (secondary N) is 1. The molecule has 1 heterocycles. The molecule has 1 fully saturated rings. The van der Waals surface area contributed by atoms with E-state index in [0.29, 0.717) is 18.0 Å². The van der Waals surface area contributed by atoms with Crippen LogP contribution in [0.1, 0.15) is 41.0 Å². The molecule has 3 nitrogen and oxygen atoms in total. The highest BCUT2D eigenvalue weighted by atomic mass is 16.5. The van der Waals surface area contributed by atoms with E-state index in [1.807, 2.05) is 0 Å². The smallest absolute Gasteiger partial charge is 0.0489 e. The lowest BCUT2D eigenvalue weighted by Gasteiger charge is -2.40. The molecule has 108 valence electrons. The van der Waals surface area contributed by atoms with Gasteiger partial charge in [-0.2, -0.15) is 0 Å². The Morgan fingerprint density at radius 2 is 2.00 bits per heavy atom. The topological polar surface area (TPSA) is 24.5 Å². The molecule has 0 aromatic heterocycles. The van der Waals surface area contributed by atoms with E-state index < -0.39 is 0 Å². The minimum absolute atomic E-state index is 0.647. The fourth-order valence-electron chi connectivity index (χ4n) is 2.40. The number of ether oxygens (including phenoxy) is 1. The summed E-state index contributed by atoms with van der Waals surface area (Å²) in [5, 5.41) is 3.64. The molecule has 0 saturated carbocycles. The van der Waals surface area contributed by atoms with Gasteiger partial charge in [0, 0.05) is 44.9 Å². The second-order valence-electron chi connectivity index (χ2n) is 6.43. The van der Waals surface area contributed by atoms with Crippen LogP contribution in [0.3, 0.4) is 0 Å². The zero-order valence-electron chi connectivity index (χ0n) is 12.9. The Balaban J connectivity index is 2.18. The van der Waals surface area contributed by atoms with Gasteiger partial charge in [0.2, 0.25) is 0 Å². The van der Waals surface area contributed by atoms with E-state index in [4.69, 9.17) is 4.74 Å². The van der Waals surface area contributed by atoms with E-state index in [1.165, 1.54) is 13.1 Å². The van der Waals surface area contributed by atoms with Crippen molar-refractivity contribution in [1.29, 1.82) is 0 Å². The summed E-state index contributed by atoms with van der Waals surface area (Å²) < 4.78 is 5.65.